The van der Waals surface area contributed by atoms with E-state index in [4.69, 9.17) is 4.74 Å². The Morgan fingerprint density at radius 3 is 2.75 bits per heavy atom. The Labute approximate surface area is 116 Å². The molecule has 1 heterocycles. The quantitative estimate of drug-likeness (QED) is 0.882. The third-order valence-corrected chi connectivity index (χ3v) is 2.65. The second-order valence-electron chi connectivity index (χ2n) is 5.32. The minimum atomic E-state index is -0.338. The lowest BCUT2D eigenvalue weighted by Gasteiger charge is -2.22. The van der Waals surface area contributed by atoms with E-state index in [0.29, 0.717) is 5.75 Å². The van der Waals surface area contributed by atoms with Gasteiger partial charge in [-0.2, -0.15) is 5.21 Å². The van der Waals surface area contributed by atoms with Gasteiger partial charge in [-0.3, -0.25) is 10.1 Å². The van der Waals surface area contributed by atoms with Crippen LogP contribution in [0, 0.1) is 0 Å². The van der Waals surface area contributed by atoms with Crippen LogP contribution in [0.1, 0.15) is 26.3 Å². The number of hydrogen-bond donors (Lipinski definition) is 2. The van der Waals surface area contributed by atoms with Crippen LogP contribution in [0.5, 0.6) is 5.75 Å². The van der Waals surface area contributed by atoms with E-state index in [1.807, 2.05) is 24.3 Å². The fraction of sp³-hybridized carbons (Fsp3) is 0.385. The van der Waals surface area contributed by atoms with Crippen LogP contribution in [0.2, 0.25) is 0 Å². The van der Waals surface area contributed by atoms with Gasteiger partial charge in [-0.25, -0.2) is 0 Å². The van der Waals surface area contributed by atoms with Gasteiger partial charge in [-0.15, -0.1) is 5.10 Å². The number of benzene rings is 1. The number of aromatic nitrogens is 4. The summed E-state index contributed by atoms with van der Waals surface area (Å²) in [5, 5.41) is 15.3. The van der Waals surface area contributed by atoms with E-state index >= 15 is 0 Å². The molecular weight excluding hydrogens is 258 g/mol. The first-order chi connectivity index (χ1) is 9.47. The topological polar surface area (TPSA) is 92.8 Å². The van der Waals surface area contributed by atoms with Crippen LogP contribution in [0.25, 0.3) is 0 Å². The van der Waals surface area contributed by atoms with Crippen LogP contribution in [-0.2, 0) is 10.2 Å². The maximum absolute atomic E-state index is 11.7. The van der Waals surface area contributed by atoms with Crippen LogP contribution in [-0.4, -0.2) is 33.1 Å². The lowest BCUT2D eigenvalue weighted by molar-refractivity contribution is -0.118. The highest BCUT2D eigenvalue weighted by molar-refractivity contribution is 5.90. The summed E-state index contributed by atoms with van der Waals surface area (Å²) < 4.78 is 5.58. The van der Waals surface area contributed by atoms with Crippen molar-refractivity contribution in [3.05, 3.63) is 29.8 Å². The molecule has 106 valence electrons. The van der Waals surface area contributed by atoms with E-state index in [1.165, 1.54) is 0 Å². The first-order valence-corrected chi connectivity index (χ1v) is 6.22. The predicted molar refractivity (Wildman–Crippen MR) is 73.4 cm³/mol. The third kappa shape index (κ3) is 3.53. The molecule has 7 heteroatoms. The number of amides is 1. The van der Waals surface area contributed by atoms with Gasteiger partial charge in [-0.05, 0) is 22.3 Å². The van der Waals surface area contributed by atoms with Crippen LogP contribution >= 0.6 is 0 Å². The first kappa shape index (κ1) is 14.0. The van der Waals surface area contributed by atoms with Crippen LogP contribution < -0.4 is 10.1 Å². The van der Waals surface area contributed by atoms with Gasteiger partial charge in [0.25, 0.3) is 11.9 Å². The van der Waals surface area contributed by atoms with Crippen molar-refractivity contribution in [1.29, 1.82) is 0 Å². The number of hydrogen-bond acceptors (Lipinski definition) is 5. The second-order valence-corrected chi connectivity index (χ2v) is 5.32. The van der Waals surface area contributed by atoms with Crippen LogP contribution in [0.4, 0.5) is 5.95 Å². The van der Waals surface area contributed by atoms with Gasteiger partial charge >= 0.3 is 0 Å². The zero-order valence-corrected chi connectivity index (χ0v) is 11.7. The fourth-order valence-electron chi connectivity index (χ4n) is 1.73. The number of ether oxygens (including phenoxy) is 1. The molecular formula is C13H17N5O2. The summed E-state index contributed by atoms with van der Waals surface area (Å²) >= 11 is 0. The van der Waals surface area contributed by atoms with Crippen molar-refractivity contribution in [2.45, 2.75) is 26.2 Å². The van der Waals surface area contributed by atoms with Gasteiger partial charge in [0, 0.05) is 0 Å². The highest BCUT2D eigenvalue weighted by atomic mass is 16.5. The first-order valence-electron chi connectivity index (χ1n) is 6.22. The van der Waals surface area contributed by atoms with Crippen molar-refractivity contribution in [2.75, 3.05) is 11.9 Å². The molecule has 0 aliphatic heterocycles. The number of nitrogens with one attached hydrogen (secondary N) is 2. The minimum Gasteiger partial charge on any atom is -0.483 e. The molecule has 2 N–H and O–H groups in total. The Balaban J connectivity index is 1.99. The lowest BCUT2D eigenvalue weighted by Crippen LogP contribution is -2.22. The second kappa shape index (κ2) is 5.68. The standard InChI is InChI=1S/C13H17N5O2/c1-13(2,3)9-6-4-5-7-10(9)20-8-11(19)14-12-15-17-18-16-12/h4-7H,8H2,1-3H3,(H2,14,15,16,17,18,19). The molecule has 2 aromatic rings. The number of rotatable bonds is 4. The van der Waals surface area contributed by atoms with Crippen molar-refractivity contribution < 1.29 is 9.53 Å². The summed E-state index contributed by atoms with van der Waals surface area (Å²) in [5.41, 5.74) is 0.994. The largest absolute Gasteiger partial charge is 0.483 e. The zero-order chi connectivity index (χ0) is 14.6. The Morgan fingerprint density at radius 1 is 1.35 bits per heavy atom. The van der Waals surface area contributed by atoms with E-state index in [0.717, 1.165) is 5.56 Å². The minimum absolute atomic E-state index is 0.0548. The van der Waals surface area contributed by atoms with Gasteiger partial charge in [0.15, 0.2) is 6.61 Å². The summed E-state index contributed by atoms with van der Waals surface area (Å²) in [4.78, 5) is 11.7. The molecule has 0 unspecified atom stereocenters. The van der Waals surface area contributed by atoms with Gasteiger partial charge in [0.1, 0.15) is 5.75 Å². The molecule has 1 aromatic carbocycles. The fourth-order valence-corrected chi connectivity index (χ4v) is 1.73. The van der Waals surface area contributed by atoms with Crippen molar-refractivity contribution >= 4 is 11.9 Å². The molecule has 7 nitrogen and oxygen atoms in total. The molecule has 0 radical (unpaired) electrons. The Morgan fingerprint density at radius 2 is 2.10 bits per heavy atom. The third-order valence-electron chi connectivity index (χ3n) is 2.65. The van der Waals surface area contributed by atoms with E-state index in [1.54, 1.807) is 0 Å². The molecule has 20 heavy (non-hydrogen) atoms. The van der Waals surface area contributed by atoms with Gasteiger partial charge < -0.3 is 4.74 Å². The molecule has 0 saturated heterocycles. The van der Waals surface area contributed by atoms with Gasteiger partial charge in [-0.1, -0.05) is 44.1 Å². The van der Waals surface area contributed by atoms with E-state index < -0.39 is 0 Å². The summed E-state index contributed by atoms with van der Waals surface area (Å²) in [7, 11) is 0. The Hall–Kier alpha value is -2.44. The van der Waals surface area contributed by atoms with E-state index in [-0.39, 0.29) is 23.9 Å². The number of carbonyl (C=O) groups excluding carboxylic acids is 1. The van der Waals surface area contributed by atoms with Gasteiger partial charge in [0.2, 0.25) is 0 Å². The number of H-pyrrole nitrogens is 1. The monoisotopic (exact) mass is 275 g/mol. The molecule has 0 bridgehead atoms. The molecule has 0 fully saturated rings. The SMILES string of the molecule is CC(C)(C)c1ccccc1OCC(=O)Nc1nn[nH]n1. The zero-order valence-electron chi connectivity index (χ0n) is 11.7. The Bertz CT molecular complexity index is 575. The van der Waals surface area contributed by atoms with E-state index in [2.05, 4.69) is 46.7 Å². The smallest absolute Gasteiger partial charge is 0.269 e. The number of tetrazole rings is 1. The summed E-state index contributed by atoms with van der Waals surface area (Å²) in [6, 6.07) is 7.67. The van der Waals surface area contributed by atoms with Crippen molar-refractivity contribution in [3.8, 4) is 5.75 Å². The molecule has 0 atom stereocenters. The molecule has 2 rings (SSSR count). The number of anilines is 1. The molecule has 0 spiro atoms. The molecule has 0 aliphatic rings. The average molecular weight is 275 g/mol. The summed E-state index contributed by atoms with van der Waals surface area (Å²) in [5.74, 6) is 0.487. The van der Waals surface area contributed by atoms with Crippen molar-refractivity contribution in [2.24, 2.45) is 0 Å². The number of para-hydroxylation sites is 1. The predicted octanol–water partition coefficient (Wildman–Crippen LogP) is 1.51. The summed E-state index contributed by atoms with van der Waals surface area (Å²) in [6.07, 6.45) is 0. The maximum Gasteiger partial charge on any atom is 0.269 e. The van der Waals surface area contributed by atoms with Crippen molar-refractivity contribution in [3.63, 3.8) is 0 Å². The molecule has 0 aliphatic carbocycles. The normalized spacial score (nSPS) is 11.2. The number of carbonyl (C=O) groups is 1. The highest BCUT2D eigenvalue weighted by Crippen LogP contribution is 2.30. The number of aromatic amines is 1. The maximum atomic E-state index is 11.7. The molecule has 1 amide bonds. The van der Waals surface area contributed by atoms with Crippen LogP contribution in [0.15, 0.2) is 24.3 Å². The lowest BCUT2D eigenvalue weighted by atomic mass is 9.86. The molecule has 0 saturated carbocycles. The van der Waals surface area contributed by atoms with E-state index in [9.17, 15) is 4.79 Å². The highest BCUT2D eigenvalue weighted by Gasteiger charge is 2.19. The average Bonchev–Trinajstić information content (AvgIpc) is 2.88. The molecule has 1 aromatic heterocycles. The Kier molecular flexibility index (Phi) is 3.97. The summed E-state index contributed by atoms with van der Waals surface area (Å²) in [6.45, 7) is 6.17. The number of nitrogens with zero attached hydrogens (tertiary/aromatic N) is 3. The van der Waals surface area contributed by atoms with Crippen LogP contribution in [0.3, 0.4) is 0 Å². The van der Waals surface area contributed by atoms with Gasteiger partial charge in [0.05, 0.1) is 0 Å². The van der Waals surface area contributed by atoms with Crippen molar-refractivity contribution in [1.82, 2.24) is 20.6 Å².